The molecular formula is C18H16F2N4O3. The number of imidazole rings is 1. The molecule has 3 rings (SSSR count). The van der Waals surface area contributed by atoms with Crippen molar-refractivity contribution in [2.24, 2.45) is 0 Å². The van der Waals surface area contributed by atoms with Crippen LogP contribution < -0.4 is 10.1 Å². The maximum absolute atomic E-state index is 12.8. The second kappa shape index (κ2) is 8.26. The molecule has 0 spiro atoms. The predicted molar refractivity (Wildman–Crippen MR) is 93.1 cm³/mol. The van der Waals surface area contributed by atoms with Crippen LogP contribution in [0, 0.1) is 0 Å². The Kier molecular flexibility index (Phi) is 5.60. The summed E-state index contributed by atoms with van der Waals surface area (Å²) in [5.74, 6) is 0.0522. The number of benzene rings is 1. The molecule has 0 aliphatic rings. The minimum atomic E-state index is -2.76. The van der Waals surface area contributed by atoms with Gasteiger partial charge in [-0.3, -0.25) is 4.57 Å². The van der Waals surface area contributed by atoms with Crippen LogP contribution in [0.3, 0.4) is 0 Å². The Morgan fingerprint density at radius 2 is 2.00 bits per heavy atom. The van der Waals surface area contributed by atoms with E-state index < -0.39 is 12.5 Å². The molecule has 7 nitrogen and oxygen atoms in total. The molecule has 0 aliphatic carbocycles. The summed E-state index contributed by atoms with van der Waals surface area (Å²) in [6.07, 6.45) is 3.85. The lowest BCUT2D eigenvalue weighted by molar-refractivity contribution is 0.0376. The van der Waals surface area contributed by atoms with Gasteiger partial charge < -0.3 is 14.8 Å². The monoisotopic (exact) mass is 374 g/mol. The zero-order chi connectivity index (χ0) is 19.2. The Hall–Kier alpha value is -3.49. The predicted octanol–water partition coefficient (Wildman–Crippen LogP) is 3.78. The lowest BCUT2D eigenvalue weighted by Crippen LogP contribution is -2.12. The van der Waals surface area contributed by atoms with Crippen molar-refractivity contribution in [2.75, 3.05) is 12.4 Å². The highest BCUT2D eigenvalue weighted by Gasteiger charge is 2.18. The first-order chi connectivity index (χ1) is 13.1. The van der Waals surface area contributed by atoms with Crippen molar-refractivity contribution in [2.45, 2.75) is 13.2 Å². The van der Waals surface area contributed by atoms with Gasteiger partial charge in [0.1, 0.15) is 23.7 Å². The molecule has 0 bridgehead atoms. The fourth-order valence-electron chi connectivity index (χ4n) is 2.39. The van der Waals surface area contributed by atoms with E-state index in [1.807, 2.05) is 6.07 Å². The molecule has 0 saturated heterocycles. The summed E-state index contributed by atoms with van der Waals surface area (Å²) >= 11 is 0. The van der Waals surface area contributed by atoms with E-state index in [1.165, 1.54) is 25.6 Å². The van der Waals surface area contributed by atoms with Crippen LogP contribution in [0.1, 0.15) is 22.7 Å². The van der Waals surface area contributed by atoms with Crippen molar-refractivity contribution in [3.8, 4) is 5.75 Å². The number of alkyl halides is 2. The van der Waals surface area contributed by atoms with Crippen LogP contribution in [-0.2, 0) is 11.3 Å². The lowest BCUT2D eigenvalue weighted by atomic mass is 10.2. The third kappa shape index (κ3) is 4.20. The molecule has 9 heteroatoms. The van der Waals surface area contributed by atoms with Crippen LogP contribution >= 0.6 is 0 Å². The number of aromatic nitrogens is 3. The van der Waals surface area contributed by atoms with Gasteiger partial charge in [-0.05, 0) is 24.3 Å². The summed E-state index contributed by atoms with van der Waals surface area (Å²) in [5.41, 5.74) is 0.763. The first kappa shape index (κ1) is 18.3. The molecule has 0 atom stereocenters. The quantitative estimate of drug-likeness (QED) is 0.634. The number of hydrogen-bond acceptors (Lipinski definition) is 6. The van der Waals surface area contributed by atoms with E-state index in [0.29, 0.717) is 16.0 Å². The molecule has 0 unspecified atom stereocenters. The molecule has 2 aromatic heterocycles. The molecule has 0 aliphatic heterocycles. The average molecular weight is 374 g/mol. The van der Waals surface area contributed by atoms with E-state index in [1.54, 1.807) is 24.3 Å². The highest BCUT2D eigenvalue weighted by atomic mass is 19.3. The zero-order valence-corrected chi connectivity index (χ0v) is 14.3. The van der Waals surface area contributed by atoms with Crippen LogP contribution in [0.2, 0.25) is 0 Å². The number of halogens is 2. The van der Waals surface area contributed by atoms with Gasteiger partial charge in [0.05, 0.1) is 12.8 Å². The summed E-state index contributed by atoms with van der Waals surface area (Å²) in [5, 5.41) is 3.02. The third-order valence-corrected chi connectivity index (χ3v) is 3.68. The number of nitrogens with zero attached hydrogens (tertiary/aromatic N) is 3. The van der Waals surface area contributed by atoms with Crippen LogP contribution in [0.25, 0.3) is 0 Å². The number of carbonyl (C=O) groups excluding carboxylic acids is 1. The van der Waals surface area contributed by atoms with Crippen LogP contribution in [-0.4, -0.2) is 27.6 Å². The van der Waals surface area contributed by atoms with E-state index in [2.05, 4.69) is 15.3 Å². The van der Waals surface area contributed by atoms with Gasteiger partial charge in [-0.25, -0.2) is 14.8 Å². The minimum Gasteiger partial charge on any atom is -0.495 e. The Morgan fingerprint density at radius 3 is 2.78 bits per heavy atom. The van der Waals surface area contributed by atoms with Crippen molar-refractivity contribution >= 4 is 17.5 Å². The highest BCUT2D eigenvalue weighted by molar-refractivity contribution is 5.95. The average Bonchev–Trinajstić information content (AvgIpc) is 3.16. The number of ether oxygens (including phenoxy) is 2. The second-order valence-corrected chi connectivity index (χ2v) is 5.33. The first-order valence-electron chi connectivity index (χ1n) is 7.92. The van der Waals surface area contributed by atoms with Crippen molar-refractivity contribution in [3.05, 3.63) is 66.4 Å². The van der Waals surface area contributed by atoms with Gasteiger partial charge in [0, 0.05) is 18.6 Å². The van der Waals surface area contributed by atoms with Crippen molar-refractivity contribution < 1.29 is 23.0 Å². The molecule has 1 aromatic carbocycles. The number of hydrogen-bond donors (Lipinski definition) is 1. The number of pyridine rings is 1. The number of para-hydroxylation sites is 2. The normalized spacial score (nSPS) is 10.7. The van der Waals surface area contributed by atoms with Gasteiger partial charge >= 0.3 is 12.5 Å². The summed E-state index contributed by atoms with van der Waals surface area (Å²) in [6.45, 7) is -3.15. The fourth-order valence-corrected chi connectivity index (χ4v) is 2.39. The molecule has 3 aromatic rings. The molecule has 0 amide bonds. The molecule has 0 saturated carbocycles. The number of methoxy groups -OCH3 is 1. The Labute approximate surface area is 153 Å². The van der Waals surface area contributed by atoms with E-state index in [4.69, 9.17) is 9.47 Å². The van der Waals surface area contributed by atoms with E-state index in [9.17, 15) is 13.6 Å². The Morgan fingerprint density at radius 1 is 1.19 bits per heavy atom. The van der Waals surface area contributed by atoms with Crippen LogP contribution in [0.5, 0.6) is 5.75 Å². The molecule has 0 radical (unpaired) electrons. The van der Waals surface area contributed by atoms with Gasteiger partial charge in [-0.1, -0.05) is 12.1 Å². The van der Waals surface area contributed by atoms with E-state index >= 15 is 0 Å². The van der Waals surface area contributed by atoms with Crippen LogP contribution in [0.15, 0.2) is 55.0 Å². The molecule has 0 fully saturated rings. The summed E-state index contributed by atoms with van der Waals surface area (Å²) < 4.78 is 36.7. The zero-order valence-electron chi connectivity index (χ0n) is 14.3. The number of anilines is 2. The molecule has 2 heterocycles. The van der Waals surface area contributed by atoms with Crippen LogP contribution in [0.4, 0.5) is 20.3 Å². The van der Waals surface area contributed by atoms with E-state index in [-0.39, 0.29) is 23.8 Å². The summed E-state index contributed by atoms with van der Waals surface area (Å²) in [6, 6.07) is 10.2. The van der Waals surface area contributed by atoms with Gasteiger partial charge in [-0.15, -0.1) is 0 Å². The largest absolute Gasteiger partial charge is 0.495 e. The smallest absolute Gasteiger partial charge is 0.342 e. The van der Waals surface area contributed by atoms with Crippen molar-refractivity contribution in [1.29, 1.82) is 0 Å². The minimum absolute atomic E-state index is 0.0542. The number of esters is 1. The third-order valence-electron chi connectivity index (χ3n) is 3.68. The maximum atomic E-state index is 12.8. The van der Waals surface area contributed by atoms with Crippen molar-refractivity contribution in [1.82, 2.24) is 14.5 Å². The number of nitrogens with one attached hydrogen (secondary N) is 1. The van der Waals surface area contributed by atoms with E-state index in [0.717, 1.165) is 6.20 Å². The van der Waals surface area contributed by atoms with Gasteiger partial charge in [-0.2, -0.15) is 8.78 Å². The Balaban J connectivity index is 1.77. The molecule has 1 N–H and O–H groups in total. The van der Waals surface area contributed by atoms with Gasteiger partial charge in [0.15, 0.2) is 5.82 Å². The second-order valence-electron chi connectivity index (χ2n) is 5.33. The SMILES string of the molecule is COc1ccccc1Nc1ncccc1C(=O)OCc1nccn1C(F)F. The Bertz CT molecular complexity index is 930. The molecule has 27 heavy (non-hydrogen) atoms. The lowest BCUT2D eigenvalue weighted by Gasteiger charge is -2.13. The number of rotatable bonds is 7. The van der Waals surface area contributed by atoms with Gasteiger partial charge in [0.2, 0.25) is 0 Å². The topological polar surface area (TPSA) is 78.3 Å². The standard InChI is InChI=1S/C18H16F2N4O3/c1-26-14-7-3-2-6-13(14)23-16-12(5-4-8-22-16)17(25)27-11-15-21-9-10-24(15)18(19)20/h2-10,18H,11H2,1H3,(H,22,23). The van der Waals surface area contributed by atoms with Crippen molar-refractivity contribution in [3.63, 3.8) is 0 Å². The summed E-state index contributed by atoms with van der Waals surface area (Å²) in [7, 11) is 1.53. The molecular weight excluding hydrogens is 358 g/mol. The fraction of sp³-hybridized carbons (Fsp3) is 0.167. The summed E-state index contributed by atoms with van der Waals surface area (Å²) in [4.78, 5) is 20.4. The maximum Gasteiger partial charge on any atom is 0.342 e. The number of carbonyl (C=O) groups is 1. The highest BCUT2D eigenvalue weighted by Crippen LogP contribution is 2.28. The first-order valence-corrected chi connectivity index (χ1v) is 7.92. The molecule has 140 valence electrons. The van der Waals surface area contributed by atoms with Gasteiger partial charge in [0.25, 0.3) is 0 Å².